The molecule has 0 heterocycles. The summed E-state index contributed by atoms with van der Waals surface area (Å²) >= 11 is 0. The van der Waals surface area contributed by atoms with E-state index in [9.17, 15) is 9.59 Å². The van der Waals surface area contributed by atoms with Crippen LogP contribution in [-0.2, 0) is 9.59 Å². The SMILES string of the molecule is C=CCNC(=O)CC(=O)Nc1ccc(Oc2ccccc2)cc1. The van der Waals surface area contributed by atoms with Gasteiger partial charge in [0, 0.05) is 12.2 Å². The number of nitrogens with one attached hydrogen (secondary N) is 2. The Morgan fingerprint density at radius 1 is 0.957 bits per heavy atom. The lowest BCUT2D eigenvalue weighted by Crippen LogP contribution is -2.28. The molecule has 0 saturated carbocycles. The van der Waals surface area contributed by atoms with Crippen LogP contribution in [-0.4, -0.2) is 18.4 Å². The summed E-state index contributed by atoms with van der Waals surface area (Å²) < 4.78 is 5.66. The fourth-order valence-electron chi connectivity index (χ4n) is 1.83. The van der Waals surface area contributed by atoms with Crippen molar-refractivity contribution in [2.45, 2.75) is 6.42 Å². The van der Waals surface area contributed by atoms with E-state index < -0.39 is 0 Å². The fraction of sp³-hybridized carbons (Fsp3) is 0.111. The molecule has 0 aliphatic heterocycles. The van der Waals surface area contributed by atoms with Crippen molar-refractivity contribution in [3.05, 3.63) is 67.3 Å². The monoisotopic (exact) mass is 310 g/mol. The molecule has 0 unspecified atom stereocenters. The molecular formula is C18H18N2O3. The number of anilines is 1. The van der Waals surface area contributed by atoms with Gasteiger partial charge in [0.25, 0.3) is 0 Å². The summed E-state index contributed by atoms with van der Waals surface area (Å²) in [5.74, 6) is 0.691. The number of amides is 2. The molecule has 2 N–H and O–H groups in total. The first-order valence-corrected chi connectivity index (χ1v) is 7.18. The van der Waals surface area contributed by atoms with Gasteiger partial charge in [-0.05, 0) is 36.4 Å². The molecule has 2 amide bonds. The van der Waals surface area contributed by atoms with Crippen molar-refractivity contribution in [1.82, 2.24) is 5.32 Å². The van der Waals surface area contributed by atoms with Crippen LogP contribution in [0.3, 0.4) is 0 Å². The quantitative estimate of drug-likeness (QED) is 0.610. The van der Waals surface area contributed by atoms with Gasteiger partial charge in [0.1, 0.15) is 17.9 Å². The average molecular weight is 310 g/mol. The molecule has 0 saturated heterocycles. The zero-order valence-electron chi connectivity index (χ0n) is 12.6. The minimum atomic E-state index is -0.372. The topological polar surface area (TPSA) is 67.4 Å². The van der Waals surface area contributed by atoms with Crippen molar-refractivity contribution in [1.29, 1.82) is 0 Å². The number of hydrogen-bond acceptors (Lipinski definition) is 3. The van der Waals surface area contributed by atoms with Crippen LogP contribution in [0.4, 0.5) is 5.69 Å². The second kappa shape index (κ2) is 8.38. The highest BCUT2D eigenvalue weighted by Crippen LogP contribution is 2.22. The van der Waals surface area contributed by atoms with Gasteiger partial charge in [-0.25, -0.2) is 0 Å². The van der Waals surface area contributed by atoms with E-state index in [0.29, 0.717) is 18.0 Å². The van der Waals surface area contributed by atoms with E-state index in [-0.39, 0.29) is 18.2 Å². The Labute approximate surface area is 135 Å². The van der Waals surface area contributed by atoms with E-state index >= 15 is 0 Å². The molecule has 0 aliphatic carbocycles. The zero-order chi connectivity index (χ0) is 16.5. The number of hydrogen-bond donors (Lipinski definition) is 2. The molecule has 0 aliphatic rings. The van der Waals surface area contributed by atoms with E-state index in [1.54, 1.807) is 30.3 Å². The molecule has 0 fully saturated rings. The van der Waals surface area contributed by atoms with Gasteiger partial charge in [-0.3, -0.25) is 9.59 Å². The highest BCUT2D eigenvalue weighted by molar-refractivity contribution is 6.03. The van der Waals surface area contributed by atoms with Crippen LogP contribution in [0.2, 0.25) is 0 Å². The van der Waals surface area contributed by atoms with E-state index in [0.717, 1.165) is 5.75 Å². The first-order chi connectivity index (χ1) is 11.2. The van der Waals surface area contributed by atoms with Crippen LogP contribution in [0.5, 0.6) is 11.5 Å². The van der Waals surface area contributed by atoms with Gasteiger partial charge < -0.3 is 15.4 Å². The number of para-hydroxylation sites is 1. The Morgan fingerprint density at radius 3 is 2.26 bits per heavy atom. The van der Waals surface area contributed by atoms with E-state index in [1.807, 2.05) is 30.3 Å². The van der Waals surface area contributed by atoms with E-state index in [4.69, 9.17) is 4.74 Å². The van der Waals surface area contributed by atoms with Crippen LogP contribution < -0.4 is 15.4 Å². The predicted octanol–water partition coefficient (Wildman–Crippen LogP) is 3.11. The van der Waals surface area contributed by atoms with Crippen molar-refractivity contribution in [2.75, 3.05) is 11.9 Å². The Bertz CT molecular complexity index is 666. The van der Waals surface area contributed by atoms with Crippen molar-refractivity contribution in [3.8, 4) is 11.5 Å². The summed E-state index contributed by atoms with van der Waals surface area (Å²) in [6, 6.07) is 16.4. The maximum absolute atomic E-state index is 11.7. The van der Waals surface area contributed by atoms with Crippen LogP contribution >= 0.6 is 0 Å². The molecule has 2 aromatic carbocycles. The van der Waals surface area contributed by atoms with E-state index in [2.05, 4.69) is 17.2 Å². The highest BCUT2D eigenvalue weighted by Gasteiger charge is 2.08. The number of rotatable bonds is 7. The molecule has 5 nitrogen and oxygen atoms in total. The van der Waals surface area contributed by atoms with Crippen molar-refractivity contribution in [2.24, 2.45) is 0 Å². The highest BCUT2D eigenvalue weighted by atomic mass is 16.5. The van der Waals surface area contributed by atoms with Gasteiger partial charge in [0.05, 0.1) is 0 Å². The molecule has 0 aromatic heterocycles. The number of carbonyl (C=O) groups is 2. The van der Waals surface area contributed by atoms with Crippen molar-refractivity contribution in [3.63, 3.8) is 0 Å². The first-order valence-electron chi connectivity index (χ1n) is 7.18. The zero-order valence-corrected chi connectivity index (χ0v) is 12.6. The molecule has 0 bridgehead atoms. The third-order valence-corrected chi connectivity index (χ3v) is 2.88. The summed E-state index contributed by atoms with van der Waals surface area (Å²) in [7, 11) is 0. The Hall–Kier alpha value is -3.08. The van der Waals surface area contributed by atoms with Crippen molar-refractivity contribution < 1.29 is 14.3 Å². The molecule has 0 radical (unpaired) electrons. The fourth-order valence-corrected chi connectivity index (χ4v) is 1.83. The van der Waals surface area contributed by atoms with Gasteiger partial charge in [0.2, 0.25) is 11.8 Å². The Balaban J connectivity index is 1.86. The smallest absolute Gasteiger partial charge is 0.233 e. The summed E-state index contributed by atoms with van der Waals surface area (Å²) in [5.41, 5.74) is 0.604. The van der Waals surface area contributed by atoms with Crippen molar-refractivity contribution >= 4 is 17.5 Å². The predicted molar refractivity (Wildman–Crippen MR) is 89.4 cm³/mol. The molecule has 5 heteroatoms. The number of benzene rings is 2. The summed E-state index contributed by atoms with van der Waals surface area (Å²) in [5, 5.41) is 5.21. The lowest BCUT2D eigenvalue weighted by molar-refractivity contribution is -0.126. The molecule has 2 aromatic rings. The van der Waals surface area contributed by atoms with Crippen LogP contribution in [0.25, 0.3) is 0 Å². The van der Waals surface area contributed by atoms with Gasteiger partial charge >= 0.3 is 0 Å². The van der Waals surface area contributed by atoms with Gasteiger partial charge in [-0.15, -0.1) is 6.58 Å². The summed E-state index contributed by atoms with van der Waals surface area (Å²) in [6.45, 7) is 3.84. The van der Waals surface area contributed by atoms with Gasteiger partial charge in [0.15, 0.2) is 0 Å². The standard InChI is InChI=1S/C18H18N2O3/c1-2-12-19-17(21)13-18(22)20-14-8-10-16(11-9-14)23-15-6-4-3-5-7-15/h2-11H,1,12-13H2,(H,19,21)(H,20,22). The second-order valence-electron chi connectivity index (χ2n) is 4.76. The number of carbonyl (C=O) groups excluding carboxylic acids is 2. The third kappa shape index (κ3) is 5.67. The third-order valence-electron chi connectivity index (χ3n) is 2.88. The normalized spacial score (nSPS) is 9.74. The lowest BCUT2D eigenvalue weighted by Gasteiger charge is -2.08. The van der Waals surface area contributed by atoms with E-state index in [1.165, 1.54) is 0 Å². The summed E-state index contributed by atoms with van der Waals surface area (Å²) in [4.78, 5) is 23.2. The molecular weight excluding hydrogens is 292 g/mol. The Kier molecular flexibility index (Phi) is 5.94. The maximum Gasteiger partial charge on any atom is 0.233 e. The molecule has 118 valence electrons. The van der Waals surface area contributed by atoms with Gasteiger partial charge in [-0.2, -0.15) is 0 Å². The van der Waals surface area contributed by atoms with Crippen LogP contribution in [0, 0.1) is 0 Å². The van der Waals surface area contributed by atoms with Gasteiger partial charge in [-0.1, -0.05) is 24.3 Å². The summed E-state index contributed by atoms with van der Waals surface area (Å²) in [6.07, 6.45) is 1.33. The molecule has 23 heavy (non-hydrogen) atoms. The minimum absolute atomic E-state index is 0.226. The largest absolute Gasteiger partial charge is 0.457 e. The Morgan fingerprint density at radius 2 is 1.61 bits per heavy atom. The minimum Gasteiger partial charge on any atom is -0.457 e. The second-order valence-corrected chi connectivity index (χ2v) is 4.76. The molecule has 2 rings (SSSR count). The van der Waals surface area contributed by atoms with Crippen LogP contribution in [0.15, 0.2) is 67.3 Å². The average Bonchev–Trinajstić information content (AvgIpc) is 2.55. The first kappa shape index (κ1) is 16.3. The maximum atomic E-state index is 11.7. The lowest BCUT2D eigenvalue weighted by atomic mass is 10.2. The van der Waals surface area contributed by atoms with Crippen LogP contribution in [0.1, 0.15) is 6.42 Å². The molecule has 0 atom stereocenters. The number of ether oxygens (including phenoxy) is 1. The molecule has 0 spiro atoms.